The van der Waals surface area contributed by atoms with E-state index in [-0.39, 0.29) is 0 Å². The normalized spacial score (nSPS) is 11.9. The maximum absolute atomic E-state index is 6.37. The first-order valence-electron chi connectivity index (χ1n) is 15.7. The van der Waals surface area contributed by atoms with Gasteiger partial charge in [0.25, 0.3) is 0 Å². The van der Waals surface area contributed by atoms with Crippen LogP contribution in [0.1, 0.15) is 0 Å². The Hall–Kier alpha value is -5.70. The van der Waals surface area contributed by atoms with Crippen molar-refractivity contribution in [2.45, 2.75) is 0 Å². The monoisotopic (exact) mass is 602 g/mol. The Kier molecular flexibility index (Phi) is 5.51. The van der Waals surface area contributed by atoms with Gasteiger partial charge in [-0.2, -0.15) is 0 Å². The summed E-state index contributed by atoms with van der Waals surface area (Å²) in [5.74, 6) is 0. The van der Waals surface area contributed by atoms with Crippen LogP contribution in [-0.2, 0) is 0 Å². The fourth-order valence-electron chi connectivity index (χ4n) is 7.54. The Bertz CT molecular complexity index is 2740. The van der Waals surface area contributed by atoms with Crippen molar-refractivity contribution in [1.29, 1.82) is 0 Å². The van der Waals surface area contributed by atoms with Crippen LogP contribution in [0.3, 0.4) is 0 Å². The van der Waals surface area contributed by atoms with Crippen LogP contribution in [0.15, 0.2) is 162 Å². The lowest BCUT2D eigenvalue weighted by molar-refractivity contribution is 0.669. The van der Waals surface area contributed by atoms with Crippen LogP contribution >= 0.6 is 11.3 Å². The van der Waals surface area contributed by atoms with Gasteiger partial charge in [-0.05, 0) is 72.8 Å². The summed E-state index contributed by atoms with van der Waals surface area (Å²) < 4.78 is 7.63. The number of para-hydroxylation sites is 1. The van der Waals surface area contributed by atoms with Crippen LogP contribution < -0.4 is 0 Å². The topological polar surface area (TPSA) is 13.1 Å². The van der Waals surface area contributed by atoms with Crippen molar-refractivity contribution in [2.24, 2.45) is 0 Å². The van der Waals surface area contributed by atoms with Gasteiger partial charge in [-0.15, -0.1) is 11.3 Å². The Balaban J connectivity index is 1.41. The lowest BCUT2D eigenvalue weighted by Gasteiger charge is -2.19. The molecule has 0 N–H and O–H groups in total. The minimum absolute atomic E-state index is 0.927. The van der Waals surface area contributed by atoms with Gasteiger partial charge in [0.2, 0.25) is 0 Å². The minimum Gasteiger partial charge on any atom is -0.456 e. The number of furan rings is 1. The second-order valence-corrected chi connectivity index (χ2v) is 13.0. The highest BCUT2D eigenvalue weighted by molar-refractivity contribution is 7.24. The SMILES string of the molecule is c1ccc(-c2sc3c(ccc4oc5ccccc5c43)c2-c2c3ccccc3c(-c3cccc4ccccc34)c3ccccc23)cc1. The van der Waals surface area contributed by atoms with Gasteiger partial charge in [0, 0.05) is 31.3 Å². The number of hydrogen-bond donors (Lipinski definition) is 0. The molecule has 0 spiro atoms. The highest BCUT2D eigenvalue weighted by Crippen LogP contribution is 2.53. The molecular weight excluding hydrogens is 577 g/mol. The molecule has 0 bridgehead atoms. The first kappa shape index (κ1) is 25.6. The summed E-state index contributed by atoms with van der Waals surface area (Å²) in [6, 6.07) is 57.1. The Morgan fingerprint density at radius 1 is 0.370 bits per heavy atom. The molecule has 2 heteroatoms. The summed E-state index contributed by atoms with van der Waals surface area (Å²) >= 11 is 1.88. The highest BCUT2D eigenvalue weighted by atomic mass is 32.1. The second kappa shape index (κ2) is 9.90. The van der Waals surface area contributed by atoms with Crippen LogP contribution in [-0.4, -0.2) is 0 Å². The molecule has 1 nitrogen and oxygen atoms in total. The molecule has 214 valence electrons. The van der Waals surface area contributed by atoms with E-state index in [1.807, 2.05) is 17.4 Å². The van der Waals surface area contributed by atoms with Crippen LogP contribution in [0.5, 0.6) is 0 Å². The van der Waals surface area contributed by atoms with Gasteiger partial charge >= 0.3 is 0 Å². The molecule has 0 aliphatic rings. The molecule has 0 radical (unpaired) electrons. The van der Waals surface area contributed by atoms with Crippen LogP contribution in [0.25, 0.3) is 97.0 Å². The van der Waals surface area contributed by atoms with Gasteiger partial charge in [-0.25, -0.2) is 0 Å². The van der Waals surface area contributed by atoms with Gasteiger partial charge in [-0.1, -0.05) is 140 Å². The molecule has 0 aliphatic heterocycles. The molecule has 8 aromatic carbocycles. The van der Waals surface area contributed by atoms with Gasteiger partial charge < -0.3 is 4.42 Å². The third-order valence-corrected chi connectivity index (χ3v) is 10.7. The molecule has 2 heterocycles. The summed E-state index contributed by atoms with van der Waals surface area (Å²) in [7, 11) is 0. The molecule has 10 rings (SSSR count). The smallest absolute Gasteiger partial charge is 0.136 e. The molecule has 0 unspecified atom stereocenters. The van der Waals surface area contributed by atoms with Crippen molar-refractivity contribution in [3.63, 3.8) is 0 Å². The summed E-state index contributed by atoms with van der Waals surface area (Å²) in [6.07, 6.45) is 0. The maximum Gasteiger partial charge on any atom is 0.136 e. The van der Waals surface area contributed by atoms with Gasteiger partial charge in [-0.3, -0.25) is 0 Å². The second-order valence-electron chi connectivity index (χ2n) is 12.0. The Morgan fingerprint density at radius 2 is 0.957 bits per heavy atom. The van der Waals surface area contributed by atoms with E-state index in [4.69, 9.17) is 4.42 Å². The Morgan fingerprint density at radius 3 is 1.70 bits per heavy atom. The van der Waals surface area contributed by atoms with Crippen molar-refractivity contribution in [1.82, 2.24) is 0 Å². The van der Waals surface area contributed by atoms with E-state index in [2.05, 4.69) is 152 Å². The van der Waals surface area contributed by atoms with Gasteiger partial charge in [0.05, 0.1) is 0 Å². The zero-order valence-electron chi connectivity index (χ0n) is 24.8. The maximum atomic E-state index is 6.37. The molecule has 46 heavy (non-hydrogen) atoms. The molecule has 10 aromatic rings. The fraction of sp³-hybridized carbons (Fsp3) is 0. The summed E-state index contributed by atoms with van der Waals surface area (Å²) in [5, 5.41) is 11.2. The first-order chi connectivity index (χ1) is 22.8. The van der Waals surface area contributed by atoms with Gasteiger partial charge in [0.15, 0.2) is 0 Å². The van der Waals surface area contributed by atoms with E-state index in [1.165, 1.54) is 80.5 Å². The zero-order valence-corrected chi connectivity index (χ0v) is 25.6. The van der Waals surface area contributed by atoms with E-state index in [0.717, 1.165) is 16.6 Å². The zero-order chi connectivity index (χ0) is 30.2. The molecular formula is C44H26OS. The average Bonchev–Trinajstić information content (AvgIpc) is 3.69. The molecule has 0 saturated heterocycles. The Labute approximate surface area is 269 Å². The third kappa shape index (κ3) is 3.62. The van der Waals surface area contributed by atoms with Crippen LogP contribution in [0.2, 0.25) is 0 Å². The van der Waals surface area contributed by atoms with Gasteiger partial charge in [0.1, 0.15) is 11.2 Å². The van der Waals surface area contributed by atoms with E-state index in [0.29, 0.717) is 0 Å². The standard InChI is InChI=1S/C44H26OS/c1-2-14-28(15-3-1)43-42(36-25-26-38-41(44(36)46-43)35-22-10-11-24-37(35)45-38)40-33-20-8-6-18-31(33)39(32-19-7-9-21-34(32)40)30-23-12-16-27-13-4-5-17-29(27)30/h1-26H. The fourth-order valence-corrected chi connectivity index (χ4v) is 8.90. The summed E-state index contributed by atoms with van der Waals surface area (Å²) in [6.45, 7) is 0. The first-order valence-corrected chi connectivity index (χ1v) is 16.5. The minimum atomic E-state index is 0.927. The molecule has 0 saturated carbocycles. The van der Waals surface area contributed by atoms with E-state index in [9.17, 15) is 0 Å². The van der Waals surface area contributed by atoms with Crippen molar-refractivity contribution in [3.05, 3.63) is 158 Å². The average molecular weight is 603 g/mol. The van der Waals surface area contributed by atoms with Crippen molar-refractivity contribution in [2.75, 3.05) is 0 Å². The highest BCUT2D eigenvalue weighted by Gasteiger charge is 2.25. The third-order valence-electron chi connectivity index (χ3n) is 9.47. The van der Waals surface area contributed by atoms with Crippen LogP contribution in [0, 0.1) is 0 Å². The molecule has 2 aromatic heterocycles. The number of benzene rings is 8. The molecule has 0 atom stereocenters. The van der Waals surface area contributed by atoms with Crippen molar-refractivity contribution in [3.8, 4) is 32.7 Å². The quantitative estimate of drug-likeness (QED) is 0.183. The number of thiophene rings is 1. The van der Waals surface area contributed by atoms with Crippen molar-refractivity contribution < 1.29 is 4.42 Å². The predicted octanol–water partition coefficient (Wildman–Crippen LogP) is 13.3. The van der Waals surface area contributed by atoms with E-state index in [1.54, 1.807) is 0 Å². The number of fused-ring (bicyclic) bond motifs is 8. The lowest BCUT2D eigenvalue weighted by atomic mass is 9.83. The van der Waals surface area contributed by atoms with E-state index >= 15 is 0 Å². The predicted molar refractivity (Wildman–Crippen MR) is 198 cm³/mol. The lowest BCUT2D eigenvalue weighted by Crippen LogP contribution is -1.92. The molecule has 0 amide bonds. The van der Waals surface area contributed by atoms with Crippen molar-refractivity contribution >= 4 is 75.7 Å². The number of rotatable bonds is 3. The summed E-state index contributed by atoms with van der Waals surface area (Å²) in [4.78, 5) is 1.28. The molecule has 0 aliphatic carbocycles. The number of hydrogen-bond acceptors (Lipinski definition) is 2. The largest absolute Gasteiger partial charge is 0.456 e. The summed E-state index contributed by atoms with van der Waals surface area (Å²) in [5.41, 5.74) is 8.21. The van der Waals surface area contributed by atoms with Crippen LogP contribution in [0.4, 0.5) is 0 Å². The molecule has 0 fully saturated rings. The van der Waals surface area contributed by atoms with E-state index < -0.39 is 0 Å².